The van der Waals surface area contributed by atoms with Crippen LogP contribution in [0, 0.1) is 10.1 Å². The van der Waals surface area contributed by atoms with Crippen molar-refractivity contribution < 1.29 is 10.0 Å². The Morgan fingerprint density at radius 1 is 1.21 bits per heavy atom. The van der Waals surface area contributed by atoms with Gasteiger partial charge in [0.2, 0.25) is 10.8 Å². The Morgan fingerprint density at radius 3 is 2.45 bits per heavy atom. The molecule has 0 aliphatic carbocycles. The summed E-state index contributed by atoms with van der Waals surface area (Å²) in [5.41, 5.74) is 0.971. The Balaban J connectivity index is 1.74. The number of nitro benzene ring substituents is 1. The second kappa shape index (κ2) is 8.05. The highest BCUT2D eigenvalue weighted by Gasteiger charge is 2.31. The molecule has 0 spiro atoms. The summed E-state index contributed by atoms with van der Waals surface area (Å²) < 4.78 is 1.50. The zero-order valence-corrected chi connectivity index (χ0v) is 17.3. The van der Waals surface area contributed by atoms with E-state index in [1.54, 1.807) is 12.1 Å². The maximum Gasteiger partial charge on any atom is 0.269 e. The molecule has 1 N–H and O–H groups in total. The highest BCUT2D eigenvalue weighted by atomic mass is 32.1. The van der Waals surface area contributed by atoms with Gasteiger partial charge in [-0.05, 0) is 12.1 Å². The Kier molecular flexibility index (Phi) is 5.48. The first-order valence-corrected chi connectivity index (χ1v) is 10.6. The molecule has 29 heavy (non-hydrogen) atoms. The molecule has 9 nitrogen and oxygen atoms in total. The van der Waals surface area contributed by atoms with Crippen molar-refractivity contribution in [3.05, 3.63) is 50.6 Å². The summed E-state index contributed by atoms with van der Waals surface area (Å²) in [4.78, 5) is 21.3. The Hall–Kier alpha value is -2.56. The van der Waals surface area contributed by atoms with Crippen LogP contribution in [0.4, 0.5) is 5.69 Å². The van der Waals surface area contributed by atoms with Gasteiger partial charge in [0, 0.05) is 44.7 Å². The number of likely N-dealkylation sites (N-methyl/N-ethyl adjacent to an activating group) is 1. The van der Waals surface area contributed by atoms with Gasteiger partial charge in [-0.25, -0.2) is 4.98 Å². The van der Waals surface area contributed by atoms with Gasteiger partial charge in [0.25, 0.3) is 5.69 Å². The third-order valence-electron chi connectivity index (χ3n) is 5.45. The number of nitrogens with zero attached hydrogens (tertiary/aromatic N) is 6. The fourth-order valence-corrected chi connectivity index (χ4v) is 4.90. The number of non-ortho nitro benzene ring substituents is 1. The first kappa shape index (κ1) is 19.7. The molecule has 10 heteroatoms. The summed E-state index contributed by atoms with van der Waals surface area (Å²) in [5.74, 6) is 0.792. The van der Waals surface area contributed by atoms with Gasteiger partial charge >= 0.3 is 0 Å². The minimum Gasteiger partial charge on any atom is -0.492 e. The Morgan fingerprint density at radius 2 is 1.90 bits per heavy atom. The molecule has 4 rings (SSSR count). The molecule has 0 bridgehead atoms. The zero-order chi connectivity index (χ0) is 20.5. The summed E-state index contributed by atoms with van der Waals surface area (Å²) in [6, 6.07) is 6.40. The fourth-order valence-electron chi connectivity index (χ4n) is 3.76. The molecular formula is C19H24N6O3S. The van der Waals surface area contributed by atoms with E-state index >= 15 is 0 Å². The van der Waals surface area contributed by atoms with E-state index in [0.29, 0.717) is 17.2 Å². The fraction of sp³-hybridized carbons (Fsp3) is 0.474. The molecular weight excluding hydrogens is 392 g/mol. The van der Waals surface area contributed by atoms with E-state index in [4.69, 9.17) is 0 Å². The van der Waals surface area contributed by atoms with Crippen LogP contribution in [0.3, 0.4) is 0 Å². The molecule has 1 fully saturated rings. The van der Waals surface area contributed by atoms with Crippen LogP contribution in [0.25, 0.3) is 4.96 Å². The van der Waals surface area contributed by atoms with Crippen molar-refractivity contribution in [1.29, 1.82) is 0 Å². The van der Waals surface area contributed by atoms with Gasteiger partial charge < -0.3 is 10.0 Å². The number of rotatable bonds is 6. The lowest BCUT2D eigenvalue weighted by molar-refractivity contribution is -0.384. The number of aryl methyl sites for hydroxylation is 1. The van der Waals surface area contributed by atoms with E-state index in [1.807, 2.05) is 6.92 Å². The molecule has 1 aliphatic rings. The lowest BCUT2D eigenvalue weighted by atomic mass is 10.0. The van der Waals surface area contributed by atoms with E-state index in [0.717, 1.165) is 43.2 Å². The second-order valence-electron chi connectivity index (χ2n) is 7.09. The molecule has 1 aliphatic heterocycles. The van der Waals surface area contributed by atoms with Gasteiger partial charge in [-0.1, -0.05) is 37.3 Å². The Labute approximate surface area is 172 Å². The molecule has 0 unspecified atom stereocenters. The van der Waals surface area contributed by atoms with E-state index in [9.17, 15) is 15.2 Å². The first-order valence-electron chi connectivity index (χ1n) is 9.79. The van der Waals surface area contributed by atoms with Crippen LogP contribution in [0.15, 0.2) is 24.3 Å². The summed E-state index contributed by atoms with van der Waals surface area (Å²) in [6.07, 6.45) is 0.702. The number of nitro groups is 1. The molecule has 0 radical (unpaired) electrons. The quantitative estimate of drug-likeness (QED) is 0.487. The number of hydrogen-bond donors (Lipinski definition) is 1. The minimum atomic E-state index is -0.397. The lowest BCUT2D eigenvalue weighted by Crippen LogP contribution is -2.47. The number of fused-ring (bicyclic) bond motifs is 1. The van der Waals surface area contributed by atoms with E-state index in [-0.39, 0.29) is 17.6 Å². The number of aromatic nitrogens is 3. The number of benzene rings is 1. The molecule has 154 valence electrons. The molecule has 0 saturated carbocycles. The second-order valence-corrected chi connectivity index (χ2v) is 8.10. The van der Waals surface area contributed by atoms with E-state index < -0.39 is 4.92 Å². The molecule has 1 atom stereocenters. The average molecular weight is 417 g/mol. The van der Waals surface area contributed by atoms with Crippen molar-refractivity contribution in [3.63, 3.8) is 0 Å². The van der Waals surface area contributed by atoms with Crippen molar-refractivity contribution in [2.24, 2.45) is 0 Å². The molecule has 3 aromatic rings. The number of aromatic hydroxyl groups is 1. The van der Waals surface area contributed by atoms with Gasteiger partial charge in [0.1, 0.15) is 0 Å². The van der Waals surface area contributed by atoms with Gasteiger partial charge in [-0.2, -0.15) is 4.52 Å². The zero-order valence-electron chi connectivity index (χ0n) is 16.5. The summed E-state index contributed by atoms with van der Waals surface area (Å²) in [5, 5.41) is 26.4. The molecule has 2 aromatic heterocycles. The lowest BCUT2D eigenvalue weighted by Gasteiger charge is -2.38. The van der Waals surface area contributed by atoms with Crippen LogP contribution in [-0.4, -0.2) is 67.2 Å². The third-order valence-corrected chi connectivity index (χ3v) is 6.52. The summed E-state index contributed by atoms with van der Waals surface area (Å²) in [6.45, 7) is 8.73. The van der Waals surface area contributed by atoms with Gasteiger partial charge in [-0.15, -0.1) is 5.10 Å². The summed E-state index contributed by atoms with van der Waals surface area (Å²) >= 11 is 1.42. The van der Waals surface area contributed by atoms with Crippen molar-refractivity contribution in [3.8, 4) is 5.88 Å². The van der Waals surface area contributed by atoms with Crippen LogP contribution >= 0.6 is 11.3 Å². The van der Waals surface area contributed by atoms with Crippen LogP contribution < -0.4 is 0 Å². The third kappa shape index (κ3) is 3.70. The summed E-state index contributed by atoms with van der Waals surface area (Å²) in [7, 11) is 0. The normalized spacial score (nSPS) is 17.0. The van der Waals surface area contributed by atoms with Crippen LogP contribution in [-0.2, 0) is 6.42 Å². The predicted molar refractivity (Wildman–Crippen MR) is 111 cm³/mol. The predicted octanol–water partition coefficient (Wildman–Crippen LogP) is 2.69. The average Bonchev–Trinajstić information content (AvgIpc) is 3.28. The minimum absolute atomic E-state index is 0.0581. The van der Waals surface area contributed by atoms with Crippen molar-refractivity contribution in [2.75, 3.05) is 32.7 Å². The highest BCUT2D eigenvalue weighted by Crippen LogP contribution is 2.40. The van der Waals surface area contributed by atoms with Crippen molar-refractivity contribution >= 4 is 22.0 Å². The standard InChI is InChI=1S/C19H24N6O3S/c1-3-15-20-19-24(21-15)18(26)17(29-19)16(23-11-9-22(4-2)10-12-23)13-5-7-14(8-6-13)25(27)28/h5-8,16,26H,3-4,9-12H2,1-2H3/t16-/m1/s1. The molecule has 1 saturated heterocycles. The number of piperazine rings is 1. The van der Waals surface area contributed by atoms with Gasteiger partial charge in [0.05, 0.1) is 15.8 Å². The number of hydrogen-bond acceptors (Lipinski definition) is 8. The van der Waals surface area contributed by atoms with Crippen molar-refractivity contribution in [1.82, 2.24) is 24.4 Å². The van der Waals surface area contributed by atoms with E-state index in [1.165, 1.54) is 28.0 Å². The SMILES string of the molecule is CCc1nc2sc([C@@H](c3ccc([N+](=O)[O-])cc3)N3CCN(CC)CC3)c(O)n2n1. The maximum atomic E-state index is 11.1. The van der Waals surface area contributed by atoms with Crippen LogP contribution in [0.1, 0.15) is 36.2 Å². The Bertz CT molecular complexity index is 1010. The monoisotopic (exact) mass is 416 g/mol. The smallest absolute Gasteiger partial charge is 0.269 e. The largest absolute Gasteiger partial charge is 0.492 e. The topological polar surface area (TPSA) is 100 Å². The molecule has 1 aromatic carbocycles. The van der Waals surface area contributed by atoms with Gasteiger partial charge in [-0.3, -0.25) is 15.0 Å². The molecule has 3 heterocycles. The highest BCUT2D eigenvalue weighted by molar-refractivity contribution is 7.17. The maximum absolute atomic E-state index is 11.1. The first-order chi connectivity index (χ1) is 14.0. The van der Waals surface area contributed by atoms with Crippen LogP contribution in [0.2, 0.25) is 0 Å². The van der Waals surface area contributed by atoms with E-state index in [2.05, 4.69) is 26.8 Å². The molecule has 0 amide bonds. The van der Waals surface area contributed by atoms with Gasteiger partial charge in [0.15, 0.2) is 5.82 Å². The van der Waals surface area contributed by atoms with Crippen LogP contribution in [0.5, 0.6) is 5.88 Å². The number of thiazole rings is 1. The van der Waals surface area contributed by atoms with Crippen molar-refractivity contribution in [2.45, 2.75) is 26.3 Å².